The minimum Gasteiger partial charge on any atom is -0.262 e. The van der Waals surface area contributed by atoms with E-state index in [0.717, 1.165) is 38.6 Å². The summed E-state index contributed by atoms with van der Waals surface area (Å²) < 4.78 is 13.2. The lowest BCUT2D eigenvalue weighted by atomic mass is 10.1. The first-order chi connectivity index (χ1) is 11.7. The molecule has 0 aliphatic carbocycles. The number of nitrogens with zero attached hydrogens (tertiary/aromatic N) is 4. The van der Waals surface area contributed by atoms with Gasteiger partial charge in [0.15, 0.2) is 0 Å². The van der Waals surface area contributed by atoms with Crippen LogP contribution in [0.2, 0.25) is 0 Å². The third-order valence-electron chi connectivity index (χ3n) is 3.52. The molecule has 0 aliphatic heterocycles. The molecule has 8 heteroatoms. The van der Waals surface area contributed by atoms with Crippen molar-refractivity contribution in [3.8, 4) is 11.1 Å². The van der Waals surface area contributed by atoms with Crippen LogP contribution in [0.25, 0.3) is 21.3 Å². The highest BCUT2D eigenvalue weighted by atomic mass is 32.2. The first kappa shape index (κ1) is 15.2. The summed E-state index contributed by atoms with van der Waals surface area (Å²) in [5.41, 5.74) is 1.92. The number of rotatable bonds is 4. The molecule has 4 rings (SSSR count). The summed E-state index contributed by atoms with van der Waals surface area (Å²) in [6.45, 7) is 2.02. The summed E-state index contributed by atoms with van der Waals surface area (Å²) in [6, 6.07) is 6.44. The summed E-state index contributed by atoms with van der Waals surface area (Å²) in [4.78, 5) is 14.0. The molecule has 5 nitrogen and oxygen atoms in total. The van der Waals surface area contributed by atoms with E-state index in [-0.39, 0.29) is 5.82 Å². The van der Waals surface area contributed by atoms with Crippen LogP contribution in [0, 0.1) is 5.82 Å². The number of halogens is 1. The Balaban J connectivity index is 1.80. The van der Waals surface area contributed by atoms with Crippen molar-refractivity contribution in [1.82, 2.24) is 25.1 Å². The van der Waals surface area contributed by atoms with E-state index in [1.165, 1.54) is 23.9 Å². The molecule has 4 aromatic rings. The highest BCUT2D eigenvalue weighted by molar-refractivity contribution is 7.99. The average Bonchev–Trinajstić information content (AvgIpc) is 3.23. The van der Waals surface area contributed by atoms with Gasteiger partial charge < -0.3 is 0 Å². The van der Waals surface area contributed by atoms with E-state index < -0.39 is 0 Å². The highest BCUT2D eigenvalue weighted by Crippen LogP contribution is 2.39. The Kier molecular flexibility index (Phi) is 3.99. The van der Waals surface area contributed by atoms with Gasteiger partial charge in [-0.1, -0.05) is 19.1 Å². The molecule has 3 heterocycles. The minimum atomic E-state index is -0.253. The second kappa shape index (κ2) is 6.29. The number of thiophene rings is 1. The van der Waals surface area contributed by atoms with Gasteiger partial charge in [-0.05, 0) is 29.5 Å². The number of hydrogen-bond acceptors (Lipinski definition) is 6. The van der Waals surface area contributed by atoms with E-state index in [4.69, 9.17) is 0 Å². The standard InChI is InChI=1S/C16H12FN5S2/c1-2-12-20-16(22-21-12)24-15-13-11(7-23-14(13)18-8-19-15)9-3-5-10(17)6-4-9/h3-8H,2H2,1H3,(H,20,21,22). The second-order valence-corrected chi connectivity index (χ2v) is 6.85. The van der Waals surface area contributed by atoms with Crippen LogP contribution >= 0.6 is 23.1 Å². The van der Waals surface area contributed by atoms with Gasteiger partial charge in [-0.2, -0.15) is 0 Å². The van der Waals surface area contributed by atoms with Gasteiger partial charge in [0.1, 0.15) is 27.8 Å². The fourth-order valence-corrected chi connectivity index (χ4v) is 4.14. The molecule has 0 atom stereocenters. The molecule has 0 spiro atoms. The third kappa shape index (κ3) is 2.78. The molecule has 0 aliphatic rings. The number of aromatic amines is 1. The summed E-state index contributed by atoms with van der Waals surface area (Å²) in [6.07, 6.45) is 2.34. The van der Waals surface area contributed by atoms with Crippen LogP contribution in [0.1, 0.15) is 12.7 Å². The van der Waals surface area contributed by atoms with Crippen molar-refractivity contribution >= 4 is 33.3 Å². The van der Waals surface area contributed by atoms with Gasteiger partial charge in [0.25, 0.3) is 0 Å². The molecule has 0 fully saturated rings. The zero-order valence-corrected chi connectivity index (χ0v) is 14.3. The molecule has 1 aromatic carbocycles. The zero-order chi connectivity index (χ0) is 16.5. The van der Waals surface area contributed by atoms with E-state index in [1.54, 1.807) is 29.8 Å². The minimum absolute atomic E-state index is 0.253. The number of aromatic nitrogens is 5. The molecule has 0 unspecified atom stereocenters. The Morgan fingerprint density at radius 3 is 2.79 bits per heavy atom. The smallest absolute Gasteiger partial charge is 0.214 e. The van der Waals surface area contributed by atoms with E-state index in [2.05, 4.69) is 25.1 Å². The van der Waals surface area contributed by atoms with E-state index in [9.17, 15) is 4.39 Å². The van der Waals surface area contributed by atoms with Gasteiger partial charge in [-0.15, -0.1) is 16.4 Å². The lowest BCUT2D eigenvalue weighted by Gasteiger charge is -2.03. The van der Waals surface area contributed by atoms with Gasteiger partial charge >= 0.3 is 0 Å². The van der Waals surface area contributed by atoms with Crippen LogP contribution in [-0.2, 0) is 6.42 Å². The fraction of sp³-hybridized carbons (Fsp3) is 0.125. The van der Waals surface area contributed by atoms with Crippen molar-refractivity contribution in [2.75, 3.05) is 0 Å². The van der Waals surface area contributed by atoms with Gasteiger partial charge in [0, 0.05) is 17.4 Å². The van der Waals surface area contributed by atoms with Crippen LogP contribution in [-0.4, -0.2) is 25.1 Å². The zero-order valence-electron chi connectivity index (χ0n) is 12.7. The lowest BCUT2D eigenvalue weighted by Crippen LogP contribution is -1.87. The van der Waals surface area contributed by atoms with Crippen LogP contribution < -0.4 is 0 Å². The van der Waals surface area contributed by atoms with Crippen LogP contribution in [0.15, 0.2) is 46.2 Å². The Labute approximate surface area is 145 Å². The first-order valence-corrected chi connectivity index (χ1v) is 9.01. The van der Waals surface area contributed by atoms with E-state index >= 15 is 0 Å². The Morgan fingerprint density at radius 1 is 1.21 bits per heavy atom. The van der Waals surface area contributed by atoms with Gasteiger partial charge in [0.05, 0.1) is 5.39 Å². The Bertz CT molecular complexity index is 993. The van der Waals surface area contributed by atoms with Gasteiger partial charge in [0.2, 0.25) is 5.16 Å². The fourth-order valence-electron chi connectivity index (χ4n) is 2.33. The molecule has 0 saturated heterocycles. The van der Waals surface area contributed by atoms with Gasteiger partial charge in [-0.25, -0.2) is 19.3 Å². The maximum absolute atomic E-state index is 13.2. The predicted octanol–water partition coefficient (Wildman–Crippen LogP) is 4.33. The molecule has 0 radical (unpaired) electrons. The monoisotopic (exact) mass is 357 g/mol. The molecule has 3 aromatic heterocycles. The number of benzene rings is 1. The molecule has 0 bridgehead atoms. The maximum Gasteiger partial charge on any atom is 0.214 e. The molecule has 24 heavy (non-hydrogen) atoms. The van der Waals surface area contributed by atoms with Crippen LogP contribution in [0.4, 0.5) is 4.39 Å². The lowest BCUT2D eigenvalue weighted by molar-refractivity contribution is 0.628. The van der Waals surface area contributed by atoms with Crippen molar-refractivity contribution < 1.29 is 4.39 Å². The van der Waals surface area contributed by atoms with Gasteiger partial charge in [-0.3, -0.25) is 5.10 Å². The molecule has 1 N–H and O–H groups in total. The number of fused-ring (bicyclic) bond motifs is 1. The Hall–Kier alpha value is -2.32. The highest BCUT2D eigenvalue weighted by Gasteiger charge is 2.15. The first-order valence-electron chi connectivity index (χ1n) is 7.32. The number of H-pyrrole nitrogens is 1. The summed E-state index contributed by atoms with van der Waals surface area (Å²) >= 11 is 2.94. The van der Waals surface area contributed by atoms with Crippen LogP contribution in [0.3, 0.4) is 0 Å². The normalized spacial score (nSPS) is 11.2. The van der Waals surface area contributed by atoms with Crippen molar-refractivity contribution in [2.45, 2.75) is 23.5 Å². The molecule has 120 valence electrons. The molecular weight excluding hydrogens is 345 g/mol. The summed E-state index contributed by atoms with van der Waals surface area (Å²) in [5.74, 6) is 0.587. The van der Waals surface area contributed by atoms with Crippen molar-refractivity contribution in [1.29, 1.82) is 0 Å². The van der Waals surface area contributed by atoms with Crippen molar-refractivity contribution in [2.24, 2.45) is 0 Å². The molecule has 0 amide bonds. The number of nitrogens with one attached hydrogen (secondary N) is 1. The van der Waals surface area contributed by atoms with E-state index in [1.807, 2.05) is 12.3 Å². The molecule has 0 saturated carbocycles. The largest absolute Gasteiger partial charge is 0.262 e. The topological polar surface area (TPSA) is 67.3 Å². The number of aryl methyl sites for hydroxylation is 1. The van der Waals surface area contributed by atoms with Crippen molar-refractivity contribution in [3.63, 3.8) is 0 Å². The van der Waals surface area contributed by atoms with Crippen molar-refractivity contribution in [3.05, 3.63) is 47.6 Å². The summed E-state index contributed by atoms with van der Waals surface area (Å²) in [5, 5.41) is 11.5. The number of hydrogen-bond donors (Lipinski definition) is 1. The predicted molar refractivity (Wildman–Crippen MR) is 92.7 cm³/mol. The third-order valence-corrected chi connectivity index (χ3v) is 5.28. The average molecular weight is 357 g/mol. The Morgan fingerprint density at radius 2 is 2.04 bits per heavy atom. The summed E-state index contributed by atoms with van der Waals surface area (Å²) in [7, 11) is 0. The van der Waals surface area contributed by atoms with Crippen LogP contribution in [0.5, 0.6) is 0 Å². The quantitative estimate of drug-likeness (QED) is 0.551. The van der Waals surface area contributed by atoms with E-state index in [0.29, 0.717) is 5.16 Å². The maximum atomic E-state index is 13.2. The molecular formula is C16H12FN5S2. The SMILES string of the molecule is CCc1nc(Sc2ncnc3scc(-c4ccc(F)cc4)c23)n[nH]1. The second-order valence-electron chi connectivity index (χ2n) is 5.04.